The monoisotopic (exact) mass is 268 g/mol. The van der Waals surface area contributed by atoms with Gasteiger partial charge in [-0.15, -0.1) is 0 Å². The quantitative estimate of drug-likeness (QED) is 0.575. The number of hydrogen-bond acceptors (Lipinski definition) is 0. The number of hydrogen-bond donors (Lipinski definition) is 0. The molecule has 0 heterocycles. The van der Waals surface area contributed by atoms with Crippen molar-refractivity contribution in [1.29, 1.82) is 0 Å². The summed E-state index contributed by atoms with van der Waals surface area (Å²) in [6.45, 7) is 8.44. The smallest absolute Gasteiger partial charge is 0.0177 e. The first-order valence-corrected chi connectivity index (χ1v) is 6.28. The first-order chi connectivity index (χ1) is 7.15. The lowest BCUT2D eigenvalue weighted by Crippen LogP contribution is -1.82. The van der Waals surface area contributed by atoms with Gasteiger partial charge >= 0.3 is 0 Å². The Kier molecular flexibility index (Phi) is 8.40. The second-order valence-corrected chi connectivity index (χ2v) is 4.36. The molecule has 0 radical (unpaired) electrons. The number of halogens is 1. The molecule has 0 unspecified atom stereocenters. The van der Waals surface area contributed by atoms with E-state index in [9.17, 15) is 0 Å². The number of unbranched alkanes of at least 4 members (excludes halogenated alkanes) is 1. The second-order valence-electron chi connectivity index (χ2n) is 3.45. The standard InChI is InChI=1S/C14H21Br/c1-5-8-10-13(12(4)7-3)11-14(15)9-6-2/h6-7,9-11H,5,8H2,1-4H3/b9-6-,12-7-,13-10-,14-11+. The highest BCUT2D eigenvalue weighted by molar-refractivity contribution is 9.11. The van der Waals surface area contributed by atoms with Crippen molar-refractivity contribution >= 4 is 15.9 Å². The van der Waals surface area contributed by atoms with Crippen LogP contribution in [0.2, 0.25) is 0 Å². The molecule has 0 aliphatic carbocycles. The van der Waals surface area contributed by atoms with Gasteiger partial charge in [0, 0.05) is 4.48 Å². The minimum atomic E-state index is 1.12. The van der Waals surface area contributed by atoms with Crippen LogP contribution >= 0.6 is 15.9 Å². The maximum absolute atomic E-state index is 3.53. The predicted molar refractivity (Wildman–Crippen MR) is 74.2 cm³/mol. The molecule has 0 aliphatic heterocycles. The van der Waals surface area contributed by atoms with Gasteiger partial charge in [0.25, 0.3) is 0 Å². The normalized spacial score (nSPS) is 15.1. The second kappa shape index (κ2) is 8.72. The fourth-order valence-electron chi connectivity index (χ4n) is 1.16. The zero-order valence-electron chi connectivity index (χ0n) is 10.2. The van der Waals surface area contributed by atoms with Gasteiger partial charge in [-0.25, -0.2) is 0 Å². The lowest BCUT2D eigenvalue weighted by molar-refractivity contribution is 0.953. The van der Waals surface area contributed by atoms with Crippen LogP contribution in [0.1, 0.15) is 40.5 Å². The Bertz CT molecular complexity index is 290. The highest BCUT2D eigenvalue weighted by Crippen LogP contribution is 2.18. The van der Waals surface area contributed by atoms with Crippen LogP contribution in [0.4, 0.5) is 0 Å². The average molecular weight is 269 g/mol. The Morgan fingerprint density at radius 3 is 2.40 bits per heavy atom. The molecular formula is C14H21Br. The first-order valence-electron chi connectivity index (χ1n) is 5.49. The van der Waals surface area contributed by atoms with Gasteiger partial charge in [-0.3, -0.25) is 0 Å². The SMILES string of the molecule is C\C=C/C(Br)=C\C(=C\CCC)C(\C)=C/C. The van der Waals surface area contributed by atoms with Crippen LogP contribution in [0.5, 0.6) is 0 Å². The van der Waals surface area contributed by atoms with E-state index in [0.29, 0.717) is 0 Å². The average Bonchev–Trinajstić information content (AvgIpc) is 2.23. The van der Waals surface area contributed by atoms with Gasteiger partial charge in [0.05, 0.1) is 0 Å². The molecule has 0 atom stereocenters. The van der Waals surface area contributed by atoms with Gasteiger partial charge in [0.15, 0.2) is 0 Å². The minimum Gasteiger partial charge on any atom is -0.0865 e. The van der Waals surface area contributed by atoms with Gasteiger partial charge in [-0.1, -0.05) is 53.6 Å². The van der Waals surface area contributed by atoms with E-state index in [0.717, 1.165) is 10.9 Å². The van der Waals surface area contributed by atoms with E-state index in [1.807, 2.05) is 13.0 Å². The summed E-state index contributed by atoms with van der Waals surface area (Å²) in [6.07, 6.45) is 13.0. The molecule has 0 aromatic carbocycles. The van der Waals surface area contributed by atoms with E-state index in [1.165, 1.54) is 17.6 Å². The minimum absolute atomic E-state index is 1.12. The Balaban J connectivity index is 4.88. The molecule has 0 amide bonds. The van der Waals surface area contributed by atoms with Gasteiger partial charge in [-0.2, -0.15) is 0 Å². The summed E-state index contributed by atoms with van der Waals surface area (Å²) in [6, 6.07) is 0. The zero-order valence-corrected chi connectivity index (χ0v) is 11.8. The van der Waals surface area contributed by atoms with Gasteiger partial charge in [0.1, 0.15) is 0 Å². The third kappa shape index (κ3) is 6.51. The molecule has 84 valence electrons. The highest BCUT2D eigenvalue weighted by atomic mass is 79.9. The van der Waals surface area contributed by atoms with E-state index in [4.69, 9.17) is 0 Å². The van der Waals surface area contributed by atoms with E-state index in [2.05, 4.69) is 61.0 Å². The molecule has 15 heavy (non-hydrogen) atoms. The van der Waals surface area contributed by atoms with Crippen LogP contribution in [0.15, 0.2) is 46.0 Å². The van der Waals surface area contributed by atoms with Crippen LogP contribution in [-0.2, 0) is 0 Å². The highest BCUT2D eigenvalue weighted by Gasteiger charge is 1.96. The summed E-state index contributed by atoms with van der Waals surface area (Å²) in [5.74, 6) is 0. The van der Waals surface area contributed by atoms with Crippen LogP contribution in [0.3, 0.4) is 0 Å². The van der Waals surface area contributed by atoms with Gasteiger partial charge in [-0.05, 0) is 44.4 Å². The van der Waals surface area contributed by atoms with Crippen molar-refractivity contribution in [2.75, 3.05) is 0 Å². The summed E-state index contributed by atoms with van der Waals surface area (Å²) < 4.78 is 1.12. The molecule has 1 heteroatoms. The van der Waals surface area contributed by atoms with Gasteiger partial charge < -0.3 is 0 Å². The Labute approximate surface area is 103 Å². The fourth-order valence-corrected chi connectivity index (χ4v) is 1.67. The van der Waals surface area contributed by atoms with E-state index < -0.39 is 0 Å². The van der Waals surface area contributed by atoms with E-state index in [1.54, 1.807) is 0 Å². The summed E-state index contributed by atoms with van der Waals surface area (Å²) in [4.78, 5) is 0. The lowest BCUT2D eigenvalue weighted by atomic mass is 10.1. The Morgan fingerprint density at radius 2 is 1.93 bits per heavy atom. The number of rotatable bonds is 5. The summed E-state index contributed by atoms with van der Waals surface area (Å²) in [5, 5.41) is 0. The number of allylic oxidation sites excluding steroid dienone is 8. The summed E-state index contributed by atoms with van der Waals surface area (Å²) >= 11 is 3.53. The maximum atomic E-state index is 3.53. The van der Waals surface area contributed by atoms with Crippen LogP contribution < -0.4 is 0 Å². The van der Waals surface area contributed by atoms with Crippen LogP contribution in [0.25, 0.3) is 0 Å². The van der Waals surface area contributed by atoms with Crippen LogP contribution in [-0.4, -0.2) is 0 Å². The van der Waals surface area contributed by atoms with Crippen molar-refractivity contribution in [2.24, 2.45) is 0 Å². The molecule has 0 N–H and O–H groups in total. The molecule has 0 fully saturated rings. The van der Waals surface area contributed by atoms with Crippen molar-refractivity contribution in [3.8, 4) is 0 Å². The Hall–Kier alpha value is -0.560. The topological polar surface area (TPSA) is 0 Å². The molecule has 0 bridgehead atoms. The molecule has 0 spiro atoms. The summed E-state index contributed by atoms with van der Waals surface area (Å²) in [7, 11) is 0. The lowest BCUT2D eigenvalue weighted by Gasteiger charge is -2.03. The van der Waals surface area contributed by atoms with Crippen molar-refractivity contribution < 1.29 is 0 Å². The zero-order chi connectivity index (χ0) is 11.7. The molecular weight excluding hydrogens is 248 g/mol. The third-order valence-electron chi connectivity index (χ3n) is 2.16. The third-order valence-corrected chi connectivity index (χ3v) is 2.65. The molecule has 0 aliphatic rings. The molecule has 0 saturated heterocycles. The van der Waals surface area contributed by atoms with Crippen molar-refractivity contribution in [3.63, 3.8) is 0 Å². The fraction of sp³-hybridized carbons (Fsp3) is 0.429. The first kappa shape index (κ1) is 14.4. The summed E-state index contributed by atoms with van der Waals surface area (Å²) in [5.41, 5.74) is 2.63. The molecule has 0 rings (SSSR count). The Morgan fingerprint density at radius 1 is 1.27 bits per heavy atom. The predicted octanol–water partition coefficient (Wildman–Crippen LogP) is 5.53. The van der Waals surface area contributed by atoms with Gasteiger partial charge in [0.2, 0.25) is 0 Å². The maximum Gasteiger partial charge on any atom is 0.0177 e. The molecule has 0 saturated carbocycles. The van der Waals surface area contributed by atoms with E-state index >= 15 is 0 Å². The largest absolute Gasteiger partial charge is 0.0865 e. The van der Waals surface area contributed by atoms with Crippen molar-refractivity contribution in [2.45, 2.75) is 40.5 Å². The van der Waals surface area contributed by atoms with E-state index in [-0.39, 0.29) is 0 Å². The van der Waals surface area contributed by atoms with Crippen LogP contribution in [0, 0.1) is 0 Å². The van der Waals surface area contributed by atoms with Crippen molar-refractivity contribution in [1.82, 2.24) is 0 Å². The molecule has 0 aromatic heterocycles. The molecule has 0 nitrogen and oxygen atoms in total. The molecule has 0 aromatic rings. The van der Waals surface area contributed by atoms with Crippen molar-refractivity contribution in [3.05, 3.63) is 46.0 Å².